The Labute approximate surface area is 141 Å². The number of hydrogen-bond donors (Lipinski definition) is 1. The first-order valence-electron chi connectivity index (χ1n) is 7.83. The summed E-state index contributed by atoms with van der Waals surface area (Å²) in [6, 6.07) is 0.117. The van der Waals surface area contributed by atoms with Gasteiger partial charge in [-0.05, 0) is 46.0 Å². The van der Waals surface area contributed by atoms with Gasteiger partial charge in [0.1, 0.15) is 4.90 Å². The number of hydrogen-bond acceptors (Lipinski definition) is 5. The zero-order chi connectivity index (χ0) is 16.8. The summed E-state index contributed by atoms with van der Waals surface area (Å²) in [5.41, 5.74) is 1.54. The molecule has 0 radical (unpaired) electrons. The van der Waals surface area contributed by atoms with Crippen molar-refractivity contribution in [3.05, 3.63) is 22.5 Å². The Morgan fingerprint density at radius 1 is 1.43 bits per heavy atom. The third-order valence-corrected chi connectivity index (χ3v) is 6.70. The van der Waals surface area contributed by atoms with Gasteiger partial charge in [-0.2, -0.15) is 5.10 Å². The van der Waals surface area contributed by atoms with Crippen molar-refractivity contribution in [1.82, 2.24) is 14.8 Å². The van der Waals surface area contributed by atoms with Crippen LogP contribution in [0.3, 0.4) is 0 Å². The van der Waals surface area contributed by atoms with Crippen molar-refractivity contribution >= 4 is 26.5 Å². The Morgan fingerprint density at radius 2 is 2.17 bits per heavy atom. The number of rotatable bonds is 4. The molecule has 1 unspecified atom stereocenters. The summed E-state index contributed by atoms with van der Waals surface area (Å²) < 4.78 is 29.6. The lowest BCUT2D eigenvalue weighted by Crippen LogP contribution is -2.13. The quantitative estimate of drug-likeness (QED) is 0.915. The molecule has 0 amide bonds. The highest BCUT2D eigenvalue weighted by Crippen LogP contribution is 2.33. The van der Waals surface area contributed by atoms with Gasteiger partial charge in [-0.3, -0.25) is 9.40 Å². The van der Waals surface area contributed by atoms with Crippen molar-refractivity contribution in [1.29, 1.82) is 0 Å². The van der Waals surface area contributed by atoms with Gasteiger partial charge >= 0.3 is 0 Å². The van der Waals surface area contributed by atoms with Crippen LogP contribution in [0, 0.1) is 12.8 Å². The molecule has 2 aromatic heterocycles. The molecule has 2 heterocycles. The Hall–Kier alpha value is -1.41. The van der Waals surface area contributed by atoms with Crippen molar-refractivity contribution in [3.63, 3.8) is 0 Å². The number of anilines is 1. The van der Waals surface area contributed by atoms with E-state index in [-0.39, 0.29) is 10.9 Å². The molecular formula is C15H22N4O2S2. The first-order chi connectivity index (χ1) is 10.8. The van der Waals surface area contributed by atoms with E-state index < -0.39 is 10.0 Å². The van der Waals surface area contributed by atoms with Crippen LogP contribution in [-0.4, -0.2) is 23.2 Å². The standard InChI is InChI=1S/C15H22N4O2S2/c1-9(2)19-8-14(11(4)17-19)23(20,21)18-15-16-12-6-5-10(3)7-13(12)22-15/h8-10H,5-7H2,1-4H3,(H,16,18). The minimum absolute atomic E-state index is 0.117. The van der Waals surface area contributed by atoms with Gasteiger partial charge in [0.05, 0.1) is 11.4 Å². The molecule has 0 saturated heterocycles. The summed E-state index contributed by atoms with van der Waals surface area (Å²) >= 11 is 1.45. The van der Waals surface area contributed by atoms with Crippen LogP contribution in [0.2, 0.25) is 0 Å². The average molecular weight is 355 g/mol. The Bertz CT molecular complexity index is 821. The molecule has 0 spiro atoms. The van der Waals surface area contributed by atoms with Crippen LogP contribution in [-0.2, 0) is 22.9 Å². The molecule has 6 nitrogen and oxygen atoms in total. The Kier molecular flexibility index (Phi) is 4.22. The molecule has 0 aromatic carbocycles. The fourth-order valence-corrected chi connectivity index (χ4v) is 5.33. The van der Waals surface area contributed by atoms with Crippen molar-refractivity contribution < 1.29 is 8.42 Å². The topological polar surface area (TPSA) is 76.9 Å². The summed E-state index contributed by atoms with van der Waals surface area (Å²) in [7, 11) is -3.66. The van der Waals surface area contributed by atoms with Crippen LogP contribution in [0.4, 0.5) is 5.13 Å². The summed E-state index contributed by atoms with van der Waals surface area (Å²) in [5, 5.41) is 4.73. The second kappa shape index (κ2) is 5.90. The van der Waals surface area contributed by atoms with E-state index in [1.165, 1.54) is 16.2 Å². The van der Waals surface area contributed by atoms with Crippen LogP contribution in [0.1, 0.15) is 49.5 Å². The molecule has 0 saturated carbocycles. The van der Waals surface area contributed by atoms with E-state index in [2.05, 4.69) is 21.7 Å². The number of sulfonamides is 1. The minimum Gasteiger partial charge on any atom is -0.269 e. The number of nitrogens with one attached hydrogen (secondary N) is 1. The molecule has 0 fully saturated rings. The molecule has 1 aliphatic carbocycles. The molecule has 1 N–H and O–H groups in total. The van der Waals surface area contributed by atoms with E-state index in [1.54, 1.807) is 17.8 Å². The normalized spacial score (nSPS) is 18.2. The lowest BCUT2D eigenvalue weighted by Gasteiger charge is -2.15. The van der Waals surface area contributed by atoms with E-state index in [4.69, 9.17) is 0 Å². The van der Waals surface area contributed by atoms with Gasteiger partial charge in [0.15, 0.2) is 5.13 Å². The van der Waals surface area contributed by atoms with Gasteiger partial charge in [-0.1, -0.05) is 6.92 Å². The summed E-state index contributed by atoms with van der Waals surface area (Å²) in [6.45, 7) is 7.86. The zero-order valence-electron chi connectivity index (χ0n) is 13.8. The van der Waals surface area contributed by atoms with Crippen LogP contribution < -0.4 is 4.72 Å². The average Bonchev–Trinajstić information content (AvgIpc) is 3.01. The predicted molar refractivity (Wildman–Crippen MR) is 91.5 cm³/mol. The van der Waals surface area contributed by atoms with E-state index in [0.717, 1.165) is 25.0 Å². The summed E-state index contributed by atoms with van der Waals surface area (Å²) in [5.74, 6) is 0.638. The maximum Gasteiger partial charge on any atom is 0.267 e. The number of thiazole rings is 1. The Morgan fingerprint density at radius 3 is 2.83 bits per heavy atom. The maximum atomic E-state index is 12.6. The monoisotopic (exact) mass is 354 g/mol. The van der Waals surface area contributed by atoms with Crippen LogP contribution in [0.25, 0.3) is 0 Å². The van der Waals surface area contributed by atoms with Crippen molar-refractivity contribution in [3.8, 4) is 0 Å². The van der Waals surface area contributed by atoms with Gasteiger partial charge in [0.25, 0.3) is 10.0 Å². The molecule has 3 rings (SSSR count). The molecule has 0 aliphatic heterocycles. The Balaban J connectivity index is 1.87. The predicted octanol–water partition coefficient (Wildman–Crippen LogP) is 3.15. The molecular weight excluding hydrogens is 332 g/mol. The second-order valence-corrected chi connectivity index (χ2v) is 9.23. The van der Waals surface area contributed by atoms with Crippen LogP contribution in [0.5, 0.6) is 0 Å². The fraction of sp³-hybridized carbons (Fsp3) is 0.600. The lowest BCUT2D eigenvalue weighted by atomic mass is 9.93. The molecule has 1 atom stereocenters. The highest BCUT2D eigenvalue weighted by atomic mass is 32.2. The lowest BCUT2D eigenvalue weighted by molar-refractivity contribution is 0.502. The van der Waals surface area contributed by atoms with E-state index in [1.807, 2.05) is 13.8 Å². The van der Waals surface area contributed by atoms with Crippen molar-refractivity contribution in [2.24, 2.45) is 5.92 Å². The van der Waals surface area contributed by atoms with Gasteiger partial charge in [-0.15, -0.1) is 11.3 Å². The number of fused-ring (bicyclic) bond motifs is 1. The van der Waals surface area contributed by atoms with Crippen LogP contribution >= 0.6 is 11.3 Å². The van der Waals surface area contributed by atoms with E-state index >= 15 is 0 Å². The highest BCUT2D eigenvalue weighted by Gasteiger charge is 2.25. The molecule has 1 aliphatic rings. The number of aromatic nitrogens is 3. The molecule has 126 valence electrons. The first kappa shape index (κ1) is 16.4. The molecule has 0 bridgehead atoms. The van der Waals surface area contributed by atoms with Gasteiger partial charge < -0.3 is 0 Å². The molecule has 2 aromatic rings. The SMILES string of the molecule is Cc1nn(C(C)C)cc1S(=O)(=O)Nc1nc2c(s1)CC(C)CC2. The van der Waals surface area contributed by atoms with E-state index in [9.17, 15) is 8.42 Å². The second-order valence-electron chi connectivity index (χ2n) is 6.49. The van der Waals surface area contributed by atoms with Crippen molar-refractivity contribution in [2.45, 2.75) is 57.9 Å². The van der Waals surface area contributed by atoms with Gasteiger partial charge in [-0.25, -0.2) is 13.4 Å². The first-order valence-corrected chi connectivity index (χ1v) is 10.1. The summed E-state index contributed by atoms with van der Waals surface area (Å²) in [6.07, 6.45) is 4.61. The van der Waals surface area contributed by atoms with Gasteiger partial charge in [0, 0.05) is 17.1 Å². The van der Waals surface area contributed by atoms with Gasteiger partial charge in [0.2, 0.25) is 0 Å². The third-order valence-electron chi connectivity index (χ3n) is 4.10. The number of nitrogens with zero attached hydrogens (tertiary/aromatic N) is 3. The highest BCUT2D eigenvalue weighted by molar-refractivity contribution is 7.93. The fourth-order valence-electron chi connectivity index (χ4n) is 2.75. The maximum absolute atomic E-state index is 12.6. The molecule has 8 heteroatoms. The summed E-state index contributed by atoms with van der Waals surface area (Å²) in [4.78, 5) is 5.89. The third kappa shape index (κ3) is 3.28. The zero-order valence-corrected chi connectivity index (χ0v) is 15.5. The largest absolute Gasteiger partial charge is 0.269 e. The molecule has 23 heavy (non-hydrogen) atoms. The van der Waals surface area contributed by atoms with Crippen molar-refractivity contribution in [2.75, 3.05) is 4.72 Å². The van der Waals surface area contributed by atoms with E-state index in [0.29, 0.717) is 16.7 Å². The minimum atomic E-state index is -3.66. The number of aryl methyl sites for hydroxylation is 2. The van der Waals surface area contributed by atoms with Crippen LogP contribution in [0.15, 0.2) is 11.1 Å². The smallest absolute Gasteiger partial charge is 0.267 e.